The van der Waals surface area contributed by atoms with Gasteiger partial charge >= 0.3 is 0 Å². The molecule has 18 heavy (non-hydrogen) atoms. The molecule has 0 bridgehead atoms. The lowest BCUT2D eigenvalue weighted by atomic mass is 10.1. The number of carbonyl (C=O) groups is 1. The maximum atomic E-state index is 11.9. The first-order chi connectivity index (χ1) is 8.66. The number of phenolic OH excluding ortho intramolecular Hbond substituents is 1. The summed E-state index contributed by atoms with van der Waals surface area (Å²) >= 11 is 0. The number of carbonyl (C=O) groups excluding carboxylic acids is 1. The molecule has 1 aromatic carbocycles. The second-order valence-electron chi connectivity index (χ2n) is 4.05. The summed E-state index contributed by atoms with van der Waals surface area (Å²) in [5, 5.41) is 12.2. The van der Waals surface area contributed by atoms with E-state index in [9.17, 15) is 9.90 Å². The van der Waals surface area contributed by atoms with E-state index in [1.807, 2.05) is 12.1 Å². The van der Waals surface area contributed by atoms with E-state index < -0.39 is 0 Å². The Morgan fingerprint density at radius 1 is 1.39 bits per heavy atom. The molecule has 0 saturated carbocycles. The largest absolute Gasteiger partial charge is 0.508 e. The number of aromatic hydroxyl groups is 1. The van der Waals surface area contributed by atoms with Crippen molar-refractivity contribution in [2.24, 2.45) is 0 Å². The lowest BCUT2D eigenvalue weighted by molar-refractivity contribution is 0.0951. The van der Waals surface area contributed by atoms with Gasteiger partial charge in [-0.3, -0.25) is 9.78 Å². The van der Waals surface area contributed by atoms with E-state index in [2.05, 4.69) is 10.3 Å². The van der Waals surface area contributed by atoms with Crippen LogP contribution in [0, 0.1) is 6.92 Å². The SMILES string of the molecule is Cc1cc(C(=O)NCc2cccnc2)ccc1O. The molecule has 0 radical (unpaired) electrons. The molecular formula is C14H14N2O2. The smallest absolute Gasteiger partial charge is 0.251 e. The third-order valence-corrected chi connectivity index (χ3v) is 2.63. The van der Waals surface area contributed by atoms with Crippen LogP contribution in [0.4, 0.5) is 0 Å². The average molecular weight is 242 g/mol. The van der Waals surface area contributed by atoms with E-state index in [1.165, 1.54) is 6.07 Å². The van der Waals surface area contributed by atoms with Gasteiger partial charge in [-0.1, -0.05) is 6.07 Å². The molecule has 2 aromatic rings. The highest BCUT2D eigenvalue weighted by atomic mass is 16.3. The zero-order valence-electron chi connectivity index (χ0n) is 10.1. The summed E-state index contributed by atoms with van der Waals surface area (Å²) < 4.78 is 0. The number of rotatable bonds is 3. The molecule has 0 aliphatic rings. The minimum Gasteiger partial charge on any atom is -0.508 e. The summed E-state index contributed by atoms with van der Waals surface area (Å²) in [4.78, 5) is 15.8. The standard InChI is InChI=1S/C14H14N2O2/c1-10-7-12(4-5-13(10)17)14(18)16-9-11-3-2-6-15-8-11/h2-8,17H,9H2,1H3,(H,16,18). The molecule has 4 heteroatoms. The minimum absolute atomic E-state index is 0.165. The van der Waals surface area contributed by atoms with Crippen LogP contribution in [0.3, 0.4) is 0 Å². The van der Waals surface area contributed by atoms with Crippen LogP contribution < -0.4 is 5.32 Å². The molecule has 0 spiro atoms. The van der Waals surface area contributed by atoms with Gasteiger partial charge in [0.05, 0.1) is 0 Å². The van der Waals surface area contributed by atoms with Crippen molar-refractivity contribution in [3.05, 3.63) is 59.4 Å². The fourth-order valence-corrected chi connectivity index (χ4v) is 1.58. The second-order valence-corrected chi connectivity index (χ2v) is 4.05. The first kappa shape index (κ1) is 12.1. The number of nitrogens with zero attached hydrogens (tertiary/aromatic N) is 1. The number of hydrogen-bond donors (Lipinski definition) is 2. The van der Waals surface area contributed by atoms with Crippen LogP contribution in [0.25, 0.3) is 0 Å². The Bertz CT molecular complexity index is 553. The molecule has 1 amide bonds. The van der Waals surface area contributed by atoms with Crippen molar-refractivity contribution in [2.75, 3.05) is 0 Å². The monoisotopic (exact) mass is 242 g/mol. The van der Waals surface area contributed by atoms with Gasteiger partial charge in [-0.15, -0.1) is 0 Å². The lowest BCUT2D eigenvalue weighted by Crippen LogP contribution is -2.22. The summed E-state index contributed by atoms with van der Waals surface area (Å²) in [6.07, 6.45) is 3.40. The van der Waals surface area contributed by atoms with Crippen molar-refractivity contribution < 1.29 is 9.90 Å². The molecule has 0 aliphatic carbocycles. The number of amides is 1. The topological polar surface area (TPSA) is 62.2 Å². The van der Waals surface area contributed by atoms with Gasteiger partial charge in [0.15, 0.2) is 0 Å². The predicted octanol–water partition coefficient (Wildman–Crippen LogP) is 2.03. The Kier molecular flexibility index (Phi) is 3.57. The van der Waals surface area contributed by atoms with Crippen molar-refractivity contribution >= 4 is 5.91 Å². The number of pyridine rings is 1. The van der Waals surface area contributed by atoms with E-state index in [0.29, 0.717) is 17.7 Å². The van der Waals surface area contributed by atoms with Gasteiger partial charge in [-0.25, -0.2) is 0 Å². The van der Waals surface area contributed by atoms with Crippen LogP contribution in [-0.2, 0) is 6.54 Å². The molecule has 2 N–H and O–H groups in total. The summed E-state index contributed by atoms with van der Waals surface area (Å²) in [5.41, 5.74) is 2.17. The number of phenols is 1. The highest BCUT2D eigenvalue weighted by Gasteiger charge is 2.06. The summed E-state index contributed by atoms with van der Waals surface area (Å²) in [5.74, 6) is 0.0285. The van der Waals surface area contributed by atoms with Crippen LogP contribution in [0.1, 0.15) is 21.5 Å². The van der Waals surface area contributed by atoms with E-state index in [4.69, 9.17) is 0 Å². The molecule has 0 saturated heterocycles. The van der Waals surface area contributed by atoms with Gasteiger partial charge in [0.2, 0.25) is 0 Å². The molecule has 0 unspecified atom stereocenters. The Morgan fingerprint density at radius 2 is 2.22 bits per heavy atom. The number of nitrogens with one attached hydrogen (secondary N) is 1. The van der Waals surface area contributed by atoms with E-state index in [-0.39, 0.29) is 11.7 Å². The zero-order chi connectivity index (χ0) is 13.0. The molecule has 0 fully saturated rings. The van der Waals surface area contributed by atoms with Crippen LogP contribution in [-0.4, -0.2) is 16.0 Å². The highest BCUT2D eigenvalue weighted by Crippen LogP contribution is 2.16. The third-order valence-electron chi connectivity index (χ3n) is 2.63. The van der Waals surface area contributed by atoms with Gasteiger partial charge in [0, 0.05) is 24.5 Å². The lowest BCUT2D eigenvalue weighted by Gasteiger charge is -2.06. The Morgan fingerprint density at radius 3 is 2.89 bits per heavy atom. The molecular weight excluding hydrogens is 228 g/mol. The van der Waals surface area contributed by atoms with Crippen molar-refractivity contribution in [1.29, 1.82) is 0 Å². The molecule has 0 atom stereocenters. The maximum Gasteiger partial charge on any atom is 0.251 e. The molecule has 1 heterocycles. The van der Waals surface area contributed by atoms with Crippen molar-refractivity contribution in [3.63, 3.8) is 0 Å². The second kappa shape index (κ2) is 5.31. The number of benzene rings is 1. The first-order valence-corrected chi connectivity index (χ1v) is 5.63. The van der Waals surface area contributed by atoms with Crippen molar-refractivity contribution in [3.8, 4) is 5.75 Å². The van der Waals surface area contributed by atoms with E-state index in [0.717, 1.165) is 5.56 Å². The number of aromatic nitrogens is 1. The van der Waals surface area contributed by atoms with E-state index >= 15 is 0 Å². The van der Waals surface area contributed by atoms with Crippen LogP contribution in [0.15, 0.2) is 42.7 Å². The molecule has 1 aromatic heterocycles. The summed E-state index contributed by atoms with van der Waals surface area (Å²) in [6.45, 7) is 2.19. The maximum absolute atomic E-state index is 11.9. The fourth-order valence-electron chi connectivity index (χ4n) is 1.58. The summed E-state index contributed by atoms with van der Waals surface area (Å²) in [6, 6.07) is 8.50. The molecule has 2 rings (SSSR count). The normalized spacial score (nSPS) is 10.1. The average Bonchev–Trinajstić information content (AvgIpc) is 2.40. The quantitative estimate of drug-likeness (QED) is 0.865. The zero-order valence-corrected chi connectivity index (χ0v) is 10.1. The Hall–Kier alpha value is -2.36. The van der Waals surface area contributed by atoms with Crippen LogP contribution >= 0.6 is 0 Å². The van der Waals surface area contributed by atoms with Gasteiger partial charge in [0.25, 0.3) is 5.91 Å². The minimum atomic E-state index is -0.165. The first-order valence-electron chi connectivity index (χ1n) is 5.63. The van der Waals surface area contributed by atoms with Gasteiger partial charge in [-0.05, 0) is 42.3 Å². The van der Waals surface area contributed by atoms with Gasteiger partial charge in [-0.2, -0.15) is 0 Å². The van der Waals surface area contributed by atoms with Gasteiger partial charge < -0.3 is 10.4 Å². The molecule has 0 aliphatic heterocycles. The van der Waals surface area contributed by atoms with Crippen LogP contribution in [0.2, 0.25) is 0 Å². The predicted molar refractivity (Wildman–Crippen MR) is 68.3 cm³/mol. The Balaban J connectivity index is 2.02. The fraction of sp³-hybridized carbons (Fsp3) is 0.143. The third kappa shape index (κ3) is 2.85. The highest BCUT2D eigenvalue weighted by molar-refractivity contribution is 5.94. The summed E-state index contributed by atoms with van der Waals surface area (Å²) in [7, 11) is 0. The Labute approximate surface area is 105 Å². The van der Waals surface area contributed by atoms with Crippen molar-refractivity contribution in [1.82, 2.24) is 10.3 Å². The number of hydrogen-bond acceptors (Lipinski definition) is 3. The number of aryl methyl sites for hydroxylation is 1. The molecule has 92 valence electrons. The molecule has 4 nitrogen and oxygen atoms in total. The van der Waals surface area contributed by atoms with Crippen LogP contribution in [0.5, 0.6) is 5.75 Å². The van der Waals surface area contributed by atoms with Crippen molar-refractivity contribution in [2.45, 2.75) is 13.5 Å². The van der Waals surface area contributed by atoms with E-state index in [1.54, 1.807) is 31.5 Å². The van der Waals surface area contributed by atoms with Gasteiger partial charge in [0.1, 0.15) is 5.75 Å².